The fraction of sp³-hybridized carbons (Fsp3) is 0.625. The van der Waals surface area contributed by atoms with Gasteiger partial charge in [0.25, 0.3) is 0 Å². The summed E-state index contributed by atoms with van der Waals surface area (Å²) < 4.78 is 4.72. The molecule has 0 fully saturated rings. The molecule has 2 N–H and O–H groups in total. The molecule has 0 rings (SSSR count). The van der Waals surface area contributed by atoms with Crippen LogP contribution in [0.4, 0.5) is 0 Å². The van der Waals surface area contributed by atoms with E-state index in [2.05, 4.69) is 12.2 Å². The molecule has 0 heterocycles. The van der Waals surface area contributed by atoms with Crippen molar-refractivity contribution in [1.82, 2.24) is 0 Å². The number of carbonyl (C=O) groups excluding carboxylic acids is 1. The number of hydrogen-bond acceptors (Lipinski definition) is 4. The number of ether oxygens (including phenoxy) is 1. The van der Waals surface area contributed by atoms with Crippen LogP contribution in [0, 0.1) is 16.7 Å². The van der Waals surface area contributed by atoms with E-state index in [-0.39, 0.29) is 18.0 Å². The molecule has 0 saturated carbocycles. The Morgan fingerprint density at radius 2 is 2.23 bits per heavy atom. The lowest BCUT2D eigenvalue weighted by Crippen LogP contribution is -2.42. The summed E-state index contributed by atoms with van der Waals surface area (Å²) >= 11 is 4.67. The Bertz CT molecular complexity index is 259. The first kappa shape index (κ1) is 11.8. The predicted octanol–water partition coefficient (Wildman–Crippen LogP) is 0.756. The Hall–Kier alpha value is -1.15. The Kier molecular flexibility index (Phi) is 4.35. The van der Waals surface area contributed by atoms with E-state index in [0.29, 0.717) is 0 Å². The summed E-state index contributed by atoms with van der Waals surface area (Å²) in [5.74, 6) is -0.660. The van der Waals surface area contributed by atoms with Crippen LogP contribution in [0.25, 0.3) is 0 Å². The van der Waals surface area contributed by atoms with Crippen molar-refractivity contribution in [2.24, 2.45) is 11.1 Å². The zero-order valence-corrected chi connectivity index (χ0v) is 8.48. The molecule has 0 aliphatic rings. The van der Waals surface area contributed by atoms with Crippen molar-refractivity contribution in [2.75, 3.05) is 6.61 Å². The highest BCUT2D eigenvalue weighted by atomic mass is 32.1. The Morgan fingerprint density at radius 1 is 1.69 bits per heavy atom. The minimum Gasteiger partial charge on any atom is -0.464 e. The molecule has 4 nitrogen and oxygen atoms in total. The fourth-order valence-electron chi connectivity index (χ4n) is 0.853. The molecule has 0 aliphatic heterocycles. The second-order valence-electron chi connectivity index (χ2n) is 2.46. The standard InChI is InChI=1S/C8H12N2O2S/c1-3-8(5-9,6(10)13)7(11)12-4-2/h3-4H2,1-2H3,(H2,10,13). The molecule has 0 amide bonds. The smallest absolute Gasteiger partial charge is 0.333 e. The van der Waals surface area contributed by atoms with Gasteiger partial charge < -0.3 is 10.5 Å². The van der Waals surface area contributed by atoms with Crippen LogP contribution >= 0.6 is 12.2 Å². The molecule has 1 atom stereocenters. The van der Waals surface area contributed by atoms with Gasteiger partial charge in [0, 0.05) is 0 Å². The number of thiocarbonyl (C=S) groups is 1. The first-order valence-electron chi connectivity index (χ1n) is 3.93. The van der Waals surface area contributed by atoms with Crippen molar-refractivity contribution in [3.63, 3.8) is 0 Å². The second-order valence-corrected chi connectivity index (χ2v) is 2.90. The van der Waals surface area contributed by atoms with Gasteiger partial charge >= 0.3 is 5.97 Å². The molecule has 1 unspecified atom stereocenters. The van der Waals surface area contributed by atoms with Gasteiger partial charge in [-0.05, 0) is 13.3 Å². The lowest BCUT2D eigenvalue weighted by Gasteiger charge is -2.20. The maximum absolute atomic E-state index is 11.4. The highest BCUT2D eigenvalue weighted by Crippen LogP contribution is 2.23. The van der Waals surface area contributed by atoms with E-state index in [0.717, 1.165) is 0 Å². The highest BCUT2D eigenvalue weighted by Gasteiger charge is 2.41. The van der Waals surface area contributed by atoms with Gasteiger partial charge in [-0.25, -0.2) is 4.79 Å². The fourth-order valence-corrected chi connectivity index (χ4v) is 1.13. The van der Waals surface area contributed by atoms with E-state index in [1.54, 1.807) is 13.8 Å². The number of nitrogens with zero attached hydrogens (tertiary/aromatic N) is 1. The Balaban J connectivity index is 4.90. The lowest BCUT2D eigenvalue weighted by atomic mass is 9.87. The van der Waals surface area contributed by atoms with Crippen LogP contribution in [-0.2, 0) is 9.53 Å². The van der Waals surface area contributed by atoms with Crippen molar-refractivity contribution in [3.05, 3.63) is 0 Å². The van der Waals surface area contributed by atoms with E-state index in [1.807, 2.05) is 6.07 Å². The summed E-state index contributed by atoms with van der Waals surface area (Å²) in [5, 5.41) is 8.83. The predicted molar refractivity (Wildman–Crippen MR) is 51.8 cm³/mol. The number of nitrogens with two attached hydrogens (primary N) is 1. The Labute approximate surface area is 82.7 Å². The van der Waals surface area contributed by atoms with Crippen LogP contribution in [0.15, 0.2) is 0 Å². The summed E-state index contributed by atoms with van der Waals surface area (Å²) in [6, 6.07) is 1.81. The van der Waals surface area contributed by atoms with E-state index >= 15 is 0 Å². The minimum absolute atomic E-state index is 0.129. The summed E-state index contributed by atoms with van der Waals surface area (Å²) in [6.45, 7) is 3.54. The maximum Gasteiger partial charge on any atom is 0.333 e. The average Bonchev–Trinajstić information content (AvgIpc) is 2.07. The first-order chi connectivity index (χ1) is 6.05. The van der Waals surface area contributed by atoms with Crippen LogP contribution in [0.3, 0.4) is 0 Å². The summed E-state index contributed by atoms with van der Waals surface area (Å²) in [7, 11) is 0. The van der Waals surface area contributed by atoms with Gasteiger partial charge in [-0.1, -0.05) is 19.1 Å². The van der Waals surface area contributed by atoms with Gasteiger partial charge in [-0.15, -0.1) is 0 Å². The molecule has 72 valence electrons. The number of carbonyl (C=O) groups is 1. The molecule has 0 radical (unpaired) electrons. The number of esters is 1. The molecular formula is C8H12N2O2S. The van der Waals surface area contributed by atoms with E-state index in [1.165, 1.54) is 0 Å². The van der Waals surface area contributed by atoms with Crippen molar-refractivity contribution in [1.29, 1.82) is 5.26 Å². The molecule has 0 aliphatic carbocycles. The Morgan fingerprint density at radius 3 is 2.46 bits per heavy atom. The van der Waals surface area contributed by atoms with Crippen LogP contribution < -0.4 is 5.73 Å². The van der Waals surface area contributed by atoms with E-state index in [9.17, 15) is 4.79 Å². The molecule has 0 aromatic rings. The number of rotatable bonds is 4. The highest BCUT2D eigenvalue weighted by molar-refractivity contribution is 7.80. The third kappa shape index (κ3) is 2.16. The molecule has 5 heteroatoms. The summed E-state index contributed by atoms with van der Waals surface area (Å²) in [6.07, 6.45) is 0.234. The molecular weight excluding hydrogens is 188 g/mol. The molecule has 0 bridgehead atoms. The average molecular weight is 200 g/mol. The monoisotopic (exact) mass is 200 g/mol. The third-order valence-electron chi connectivity index (χ3n) is 1.77. The zero-order chi connectivity index (χ0) is 10.5. The van der Waals surface area contributed by atoms with Gasteiger partial charge in [0.1, 0.15) is 4.99 Å². The van der Waals surface area contributed by atoms with Gasteiger partial charge in [0.15, 0.2) is 0 Å². The van der Waals surface area contributed by atoms with Crippen molar-refractivity contribution in [2.45, 2.75) is 20.3 Å². The van der Waals surface area contributed by atoms with Crippen LogP contribution in [0.2, 0.25) is 0 Å². The lowest BCUT2D eigenvalue weighted by molar-refractivity contribution is -0.148. The second kappa shape index (κ2) is 4.77. The minimum atomic E-state index is -1.45. The normalized spacial score (nSPS) is 13.9. The van der Waals surface area contributed by atoms with Crippen LogP contribution in [-0.4, -0.2) is 17.6 Å². The van der Waals surface area contributed by atoms with Crippen molar-refractivity contribution in [3.8, 4) is 6.07 Å². The quantitative estimate of drug-likeness (QED) is 0.535. The number of hydrogen-bond donors (Lipinski definition) is 1. The molecule has 0 aromatic carbocycles. The summed E-state index contributed by atoms with van der Waals surface area (Å²) in [5.41, 5.74) is 3.88. The third-order valence-corrected chi connectivity index (χ3v) is 2.11. The van der Waals surface area contributed by atoms with Crippen molar-refractivity contribution >= 4 is 23.2 Å². The van der Waals surface area contributed by atoms with Gasteiger partial charge in [-0.3, -0.25) is 0 Å². The molecule has 0 spiro atoms. The maximum atomic E-state index is 11.4. The largest absolute Gasteiger partial charge is 0.464 e. The van der Waals surface area contributed by atoms with E-state index < -0.39 is 11.4 Å². The molecule has 0 saturated heterocycles. The topological polar surface area (TPSA) is 76.1 Å². The zero-order valence-electron chi connectivity index (χ0n) is 7.66. The first-order valence-corrected chi connectivity index (χ1v) is 4.34. The van der Waals surface area contributed by atoms with Crippen molar-refractivity contribution < 1.29 is 9.53 Å². The molecule has 13 heavy (non-hydrogen) atoms. The van der Waals surface area contributed by atoms with Gasteiger partial charge in [0.2, 0.25) is 5.41 Å². The SMILES string of the molecule is CCOC(=O)C(C#N)(CC)C(N)=S. The molecule has 0 aromatic heterocycles. The van der Waals surface area contributed by atoms with Crippen LogP contribution in [0.5, 0.6) is 0 Å². The van der Waals surface area contributed by atoms with E-state index in [4.69, 9.17) is 15.7 Å². The van der Waals surface area contributed by atoms with Gasteiger partial charge in [-0.2, -0.15) is 5.26 Å². The van der Waals surface area contributed by atoms with Crippen LogP contribution in [0.1, 0.15) is 20.3 Å². The van der Waals surface area contributed by atoms with Gasteiger partial charge in [0.05, 0.1) is 12.7 Å². The summed E-state index contributed by atoms with van der Waals surface area (Å²) in [4.78, 5) is 11.2. The number of nitriles is 1.